The third-order valence-corrected chi connectivity index (χ3v) is 6.12. The molecule has 1 N–H and O–H groups in total. The molecule has 2 saturated heterocycles. The average Bonchev–Trinajstić information content (AvgIpc) is 3.08. The van der Waals surface area contributed by atoms with Gasteiger partial charge in [0.1, 0.15) is 5.82 Å². The van der Waals surface area contributed by atoms with Gasteiger partial charge in [0.2, 0.25) is 0 Å². The lowest BCUT2D eigenvalue weighted by Crippen LogP contribution is -2.51. The molecule has 4 rings (SSSR count). The molecule has 0 saturated carbocycles. The van der Waals surface area contributed by atoms with Crippen molar-refractivity contribution >= 4 is 17.5 Å². The summed E-state index contributed by atoms with van der Waals surface area (Å²) in [6, 6.07) is 12.7. The zero-order valence-corrected chi connectivity index (χ0v) is 18.0. The van der Waals surface area contributed by atoms with Crippen molar-refractivity contribution < 1.29 is 4.79 Å². The number of nitrogens with zero attached hydrogens (tertiary/aromatic N) is 4. The van der Waals surface area contributed by atoms with Gasteiger partial charge in [-0.05, 0) is 49.1 Å². The number of aryl methyl sites for hydroxylation is 1. The van der Waals surface area contributed by atoms with Crippen molar-refractivity contribution in [3.63, 3.8) is 0 Å². The van der Waals surface area contributed by atoms with Gasteiger partial charge >= 0.3 is 6.03 Å². The van der Waals surface area contributed by atoms with E-state index in [0.29, 0.717) is 6.54 Å². The standard InChI is InChI=1S/C24H33N5O/c1-20-7-6-8-22(17-20)27-13-15-29(16-14-27)24(30)26-19-21-9-10-23(25-18-21)28-11-4-2-3-5-12-28/h6-10,17-18H,2-5,11-16,19H2,1H3,(H,26,30). The Morgan fingerprint density at radius 3 is 2.37 bits per heavy atom. The van der Waals surface area contributed by atoms with Crippen LogP contribution in [0.3, 0.4) is 0 Å². The van der Waals surface area contributed by atoms with E-state index in [0.717, 1.165) is 50.6 Å². The summed E-state index contributed by atoms with van der Waals surface area (Å²) in [5, 5.41) is 3.06. The number of benzene rings is 1. The van der Waals surface area contributed by atoms with Crippen LogP contribution in [-0.2, 0) is 6.54 Å². The Labute approximate surface area is 179 Å². The zero-order chi connectivity index (χ0) is 20.8. The zero-order valence-electron chi connectivity index (χ0n) is 18.0. The molecule has 0 radical (unpaired) electrons. The average molecular weight is 408 g/mol. The van der Waals surface area contributed by atoms with Crippen molar-refractivity contribution in [3.8, 4) is 0 Å². The number of anilines is 2. The fourth-order valence-electron chi connectivity index (χ4n) is 4.29. The van der Waals surface area contributed by atoms with Crippen LogP contribution >= 0.6 is 0 Å². The monoisotopic (exact) mass is 407 g/mol. The van der Waals surface area contributed by atoms with Crippen LogP contribution in [0.5, 0.6) is 0 Å². The highest BCUT2D eigenvalue weighted by molar-refractivity contribution is 5.74. The summed E-state index contributed by atoms with van der Waals surface area (Å²) in [6.07, 6.45) is 7.03. The summed E-state index contributed by atoms with van der Waals surface area (Å²) < 4.78 is 0. The predicted molar refractivity (Wildman–Crippen MR) is 122 cm³/mol. The number of hydrogen-bond donors (Lipinski definition) is 1. The smallest absolute Gasteiger partial charge is 0.317 e. The number of urea groups is 1. The lowest BCUT2D eigenvalue weighted by Gasteiger charge is -2.36. The van der Waals surface area contributed by atoms with Gasteiger partial charge in [0.25, 0.3) is 0 Å². The maximum absolute atomic E-state index is 12.6. The molecule has 0 unspecified atom stereocenters. The Hall–Kier alpha value is -2.76. The lowest BCUT2D eigenvalue weighted by molar-refractivity contribution is 0.194. The highest BCUT2D eigenvalue weighted by atomic mass is 16.2. The number of aromatic nitrogens is 1. The van der Waals surface area contributed by atoms with Gasteiger partial charge in [-0.15, -0.1) is 0 Å². The molecule has 2 aliphatic rings. The third-order valence-electron chi connectivity index (χ3n) is 6.12. The second-order valence-electron chi connectivity index (χ2n) is 8.40. The van der Waals surface area contributed by atoms with Gasteiger partial charge in [0, 0.05) is 57.7 Å². The molecule has 0 spiro atoms. The van der Waals surface area contributed by atoms with Crippen molar-refractivity contribution in [2.75, 3.05) is 49.1 Å². The third kappa shape index (κ3) is 5.23. The Morgan fingerprint density at radius 1 is 0.933 bits per heavy atom. The van der Waals surface area contributed by atoms with E-state index in [1.54, 1.807) is 0 Å². The Kier molecular flexibility index (Phi) is 6.72. The molecule has 1 aromatic heterocycles. The lowest BCUT2D eigenvalue weighted by atomic mass is 10.2. The normalized spacial score (nSPS) is 17.6. The minimum Gasteiger partial charge on any atom is -0.368 e. The molecule has 2 amide bonds. The van der Waals surface area contributed by atoms with Crippen molar-refractivity contribution in [3.05, 3.63) is 53.7 Å². The van der Waals surface area contributed by atoms with Crippen LogP contribution in [0.2, 0.25) is 0 Å². The molecular weight excluding hydrogens is 374 g/mol. The highest BCUT2D eigenvalue weighted by Gasteiger charge is 2.21. The van der Waals surface area contributed by atoms with Crippen LogP contribution in [0, 0.1) is 6.92 Å². The molecule has 30 heavy (non-hydrogen) atoms. The number of carbonyl (C=O) groups is 1. The fraction of sp³-hybridized carbons (Fsp3) is 0.500. The minimum atomic E-state index is 0.00971. The van der Waals surface area contributed by atoms with Crippen LogP contribution in [0.1, 0.15) is 36.8 Å². The number of rotatable bonds is 4. The van der Waals surface area contributed by atoms with E-state index in [-0.39, 0.29) is 6.03 Å². The van der Waals surface area contributed by atoms with Crippen LogP contribution in [0.15, 0.2) is 42.6 Å². The van der Waals surface area contributed by atoms with Gasteiger partial charge in [-0.25, -0.2) is 9.78 Å². The minimum absolute atomic E-state index is 0.00971. The second kappa shape index (κ2) is 9.83. The van der Waals surface area contributed by atoms with E-state index in [1.165, 1.54) is 36.9 Å². The number of pyridine rings is 1. The molecule has 6 nitrogen and oxygen atoms in total. The highest BCUT2D eigenvalue weighted by Crippen LogP contribution is 2.19. The quantitative estimate of drug-likeness (QED) is 0.838. The molecule has 0 aliphatic carbocycles. The largest absolute Gasteiger partial charge is 0.368 e. The predicted octanol–water partition coefficient (Wildman–Crippen LogP) is 3.80. The fourth-order valence-corrected chi connectivity index (χ4v) is 4.29. The SMILES string of the molecule is Cc1cccc(N2CCN(C(=O)NCc3ccc(N4CCCCCC4)nc3)CC2)c1. The summed E-state index contributed by atoms with van der Waals surface area (Å²) in [5.41, 5.74) is 3.55. The van der Waals surface area contributed by atoms with Crippen molar-refractivity contribution in [2.45, 2.75) is 39.2 Å². The number of amides is 2. The van der Waals surface area contributed by atoms with Crippen LogP contribution in [0.25, 0.3) is 0 Å². The van der Waals surface area contributed by atoms with Crippen molar-refractivity contribution in [2.24, 2.45) is 0 Å². The first-order chi connectivity index (χ1) is 14.7. The number of carbonyl (C=O) groups excluding carboxylic acids is 1. The summed E-state index contributed by atoms with van der Waals surface area (Å²) in [5.74, 6) is 1.05. The Bertz CT molecular complexity index is 822. The molecule has 160 valence electrons. The Balaban J connectivity index is 1.24. The van der Waals surface area contributed by atoms with Gasteiger partial charge in [0.15, 0.2) is 0 Å². The maximum Gasteiger partial charge on any atom is 0.317 e. The van der Waals surface area contributed by atoms with E-state index < -0.39 is 0 Å². The summed E-state index contributed by atoms with van der Waals surface area (Å²) in [7, 11) is 0. The topological polar surface area (TPSA) is 51.7 Å². The molecular formula is C24H33N5O. The molecule has 6 heteroatoms. The molecule has 1 aromatic carbocycles. The van der Waals surface area contributed by atoms with E-state index in [2.05, 4.69) is 63.4 Å². The van der Waals surface area contributed by atoms with E-state index in [4.69, 9.17) is 0 Å². The van der Waals surface area contributed by atoms with Gasteiger partial charge in [0.05, 0.1) is 0 Å². The molecule has 3 heterocycles. The van der Waals surface area contributed by atoms with Crippen molar-refractivity contribution in [1.29, 1.82) is 0 Å². The van der Waals surface area contributed by atoms with E-state index in [1.807, 2.05) is 11.1 Å². The first-order valence-corrected chi connectivity index (χ1v) is 11.2. The molecule has 2 aliphatic heterocycles. The molecule has 2 aromatic rings. The summed E-state index contributed by atoms with van der Waals surface area (Å²) >= 11 is 0. The van der Waals surface area contributed by atoms with E-state index in [9.17, 15) is 4.79 Å². The summed E-state index contributed by atoms with van der Waals surface area (Å²) in [6.45, 7) is 8.03. The van der Waals surface area contributed by atoms with Gasteiger partial charge in [-0.1, -0.05) is 31.0 Å². The van der Waals surface area contributed by atoms with E-state index >= 15 is 0 Å². The molecule has 2 fully saturated rings. The van der Waals surface area contributed by atoms with Gasteiger partial charge < -0.3 is 20.0 Å². The van der Waals surface area contributed by atoms with Crippen LogP contribution in [-0.4, -0.2) is 55.2 Å². The van der Waals surface area contributed by atoms with Gasteiger partial charge in [-0.3, -0.25) is 0 Å². The first kappa shape index (κ1) is 20.5. The van der Waals surface area contributed by atoms with Crippen LogP contribution in [0.4, 0.5) is 16.3 Å². The number of hydrogen-bond acceptors (Lipinski definition) is 4. The number of piperazine rings is 1. The van der Waals surface area contributed by atoms with Crippen LogP contribution < -0.4 is 15.1 Å². The van der Waals surface area contributed by atoms with Gasteiger partial charge in [-0.2, -0.15) is 0 Å². The summed E-state index contributed by atoms with van der Waals surface area (Å²) in [4.78, 5) is 23.9. The van der Waals surface area contributed by atoms with Crippen molar-refractivity contribution in [1.82, 2.24) is 15.2 Å². The first-order valence-electron chi connectivity index (χ1n) is 11.2. The number of nitrogens with one attached hydrogen (secondary N) is 1. The Morgan fingerprint density at radius 2 is 1.70 bits per heavy atom. The molecule has 0 atom stereocenters. The second-order valence-corrected chi connectivity index (χ2v) is 8.40. The molecule has 0 bridgehead atoms. The maximum atomic E-state index is 12.6.